The van der Waals surface area contributed by atoms with Gasteiger partial charge in [0.25, 0.3) is 5.91 Å². The van der Waals surface area contributed by atoms with Gasteiger partial charge in [0, 0.05) is 12.1 Å². The highest BCUT2D eigenvalue weighted by Gasteiger charge is 2.38. The largest absolute Gasteiger partial charge is 0.508 e. The van der Waals surface area contributed by atoms with Crippen LogP contribution in [-0.4, -0.2) is 27.8 Å². The molecule has 5 nitrogen and oxygen atoms in total. The maximum Gasteiger partial charge on any atom is 0.281 e. The Morgan fingerprint density at radius 3 is 2.48 bits per heavy atom. The number of phenolic OH excluding ortho intramolecular Hbond substituents is 1. The van der Waals surface area contributed by atoms with Crippen LogP contribution in [0.15, 0.2) is 48.5 Å². The quantitative estimate of drug-likeness (QED) is 0.607. The lowest BCUT2D eigenvalue weighted by Crippen LogP contribution is -2.48. The summed E-state index contributed by atoms with van der Waals surface area (Å²) >= 11 is 0. The predicted molar refractivity (Wildman–Crippen MR) is 96.7 cm³/mol. The average molecular weight is 340 g/mol. The van der Waals surface area contributed by atoms with Gasteiger partial charge in [-0.2, -0.15) is 5.06 Å². The third kappa shape index (κ3) is 3.33. The van der Waals surface area contributed by atoms with Crippen molar-refractivity contribution in [3.8, 4) is 5.75 Å². The maximum absolute atomic E-state index is 12.6. The Hall–Kier alpha value is -2.53. The van der Waals surface area contributed by atoms with E-state index in [4.69, 9.17) is 0 Å². The van der Waals surface area contributed by atoms with Gasteiger partial charge in [0.15, 0.2) is 6.17 Å². The van der Waals surface area contributed by atoms with E-state index >= 15 is 0 Å². The molecule has 1 aliphatic rings. The molecule has 1 atom stereocenters. The lowest BCUT2D eigenvalue weighted by molar-refractivity contribution is -0.0941. The molecule has 0 fully saturated rings. The first-order chi connectivity index (χ1) is 12.1. The van der Waals surface area contributed by atoms with Crippen LogP contribution in [0.4, 0.5) is 5.69 Å². The first-order valence-corrected chi connectivity index (χ1v) is 8.81. The van der Waals surface area contributed by atoms with Crippen molar-refractivity contribution in [1.82, 2.24) is 5.06 Å². The fraction of sp³-hybridized carbons (Fsp3) is 0.350. The van der Waals surface area contributed by atoms with E-state index in [2.05, 4.69) is 6.92 Å². The van der Waals surface area contributed by atoms with Gasteiger partial charge in [-0.25, -0.2) is 0 Å². The second kappa shape index (κ2) is 7.57. The molecule has 0 saturated heterocycles. The van der Waals surface area contributed by atoms with Crippen molar-refractivity contribution in [2.24, 2.45) is 0 Å². The van der Waals surface area contributed by atoms with Crippen molar-refractivity contribution >= 4 is 11.6 Å². The minimum atomic E-state index is -0.731. The minimum absolute atomic E-state index is 0.0669. The second-order valence-electron chi connectivity index (χ2n) is 6.35. The molecule has 132 valence electrons. The Morgan fingerprint density at radius 1 is 1.00 bits per heavy atom. The Kier molecular flexibility index (Phi) is 5.24. The molecule has 0 bridgehead atoms. The summed E-state index contributed by atoms with van der Waals surface area (Å²) in [5, 5.41) is 21.6. The molecule has 0 radical (unpaired) electrons. The molecule has 2 N–H and O–H groups in total. The minimum Gasteiger partial charge on any atom is -0.508 e. The fourth-order valence-electron chi connectivity index (χ4n) is 3.36. The highest BCUT2D eigenvalue weighted by Crippen LogP contribution is 2.40. The third-order valence-electron chi connectivity index (χ3n) is 4.65. The van der Waals surface area contributed by atoms with Crippen molar-refractivity contribution in [2.45, 2.75) is 38.8 Å². The van der Waals surface area contributed by atoms with E-state index in [1.54, 1.807) is 36.4 Å². The number of unbranched alkanes of at least 4 members (excludes halogenated alkanes) is 3. The van der Waals surface area contributed by atoms with E-state index in [0.29, 0.717) is 17.7 Å². The Morgan fingerprint density at radius 2 is 1.72 bits per heavy atom. The molecule has 0 spiro atoms. The molecule has 0 aromatic heterocycles. The van der Waals surface area contributed by atoms with Gasteiger partial charge in [0.05, 0.1) is 11.3 Å². The summed E-state index contributed by atoms with van der Waals surface area (Å²) in [5.41, 5.74) is 1.79. The number of carbonyl (C=O) groups excluding carboxylic acids is 1. The van der Waals surface area contributed by atoms with Crippen LogP contribution in [0.5, 0.6) is 5.75 Å². The maximum atomic E-state index is 12.6. The topological polar surface area (TPSA) is 64.0 Å². The van der Waals surface area contributed by atoms with Crippen molar-refractivity contribution in [2.75, 3.05) is 11.4 Å². The fourth-order valence-corrected chi connectivity index (χ4v) is 3.36. The van der Waals surface area contributed by atoms with E-state index in [1.807, 2.05) is 17.0 Å². The second-order valence-corrected chi connectivity index (χ2v) is 6.35. The number of amides is 1. The standard InChI is InChI=1S/C20H24N2O3/c1-2-3-4-9-14-21-17-12-7-5-10-15(17)20(24)22(25)19(21)16-11-6-8-13-18(16)23/h5-8,10-13,19,23,25H,2-4,9,14H2,1H3. The van der Waals surface area contributed by atoms with Gasteiger partial charge in [-0.3, -0.25) is 10.0 Å². The number of benzene rings is 2. The van der Waals surface area contributed by atoms with Crippen LogP contribution < -0.4 is 4.90 Å². The van der Waals surface area contributed by atoms with E-state index in [9.17, 15) is 15.1 Å². The van der Waals surface area contributed by atoms with E-state index in [0.717, 1.165) is 36.4 Å². The molecule has 1 unspecified atom stereocenters. The molecule has 1 amide bonds. The van der Waals surface area contributed by atoms with Crippen LogP contribution in [0.25, 0.3) is 0 Å². The zero-order chi connectivity index (χ0) is 17.8. The number of rotatable bonds is 6. The number of hydroxylamine groups is 2. The van der Waals surface area contributed by atoms with Gasteiger partial charge in [0.1, 0.15) is 5.75 Å². The zero-order valence-corrected chi connectivity index (χ0v) is 14.4. The van der Waals surface area contributed by atoms with Gasteiger partial charge in [0.2, 0.25) is 0 Å². The number of phenols is 1. The number of carbonyl (C=O) groups is 1. The van der Waals surface area contributed by atoms with Crippen molar-refractivity contribution in [3.63, 3.8) is 0 Å². The van der Waals surface area contributed by atoms with Crippen molar-refractivity contribution in [1.29, 1.82) is 0 Å². The summed E-state index contributed by atoms with van der Waals surface area (Å²) in [6, 6.07) is 14.1. The molecular weight excluding hydrogens is 316 g/mol. The van der Waals surface area contributed by atoms with Crippen LogP contribution >= 0.6 is 0 Å². The van der Waals surface area contributed by atoms with Crippen molar-refractivity contribution < 1.29 is 15.1 Å². The molecule has 5 heteroatoms. The van der Waals surface area contributed by atoms with Gasteiger partial charge in [-0.1, -0.05) is 56.5 Å². The summed E-state index contributed by atoms with van der Waals surface area (Å²) in [4.78, 5) is 14.6. The van der Waals surface area contributed by atoms with Crippen LogP contribution in [0.2, 0.25) is 0 Å². The summed E-state index contributed by atoms with van der Waals surface area (Å²) in [6.07, 6.45) is 3.60. The first-order valence-electron chi connectivity index (χ1n) is 8.81. The highest BCUT2D eigenvalue weighted by atomic mass is 16.5. The summed E-state index contributed by atoms with van der Waals surface area (Å²) in [6.45, 7) is 2.86. The molecule has 1 heterocycles. The number of hydrogen-bond donors (Lipinski definition) is 2. The molecule has 1 aliphatic heterocycles. The SMILES string of the molecule is CCCCCCN1c2ccccc2C(=O)N(O)C1c1ccccc1O. The van der Waals surface area contributed by atoms with Gasteiger partial charge in [-0.05, 0) is 24.6 Å². The van der Waals surface area contributed by atoms with Crippen LogP contribution in [0, 0.1) is 0 Å². The lowest BCUT2D eigenvalue weighted by atomic mass is 10.0. The summed E-state index contributed by atoms with van der Waals surface area (Å²) in [7, 11) is 0. The molecule has 0 aliphatic carbocycles. The number of aromatic hydroxyl groups is 1. The van der Waals surface area contributed by atoms with Gasteiger partial charge < -0.3 is 10.0 Å². The van der Waals surface area contributed by atoms with E-state index in [1.165, 1.54) is 0 Å². The Balaban J connectivity index is 2.01. The van der Waals surface area contributed by atoms with E-state index < -0.39 is 12.1 Å². The normalized spacial score (nSPS) is 16.9. The monoisotopic (exact) mass is 340 g/mol. The molecule has 2 aromatic rings. The number of nitrogens with zero attached hydrogens (tertiary/aromatic N) is 2. The average Bonchev–Trinajstić information content (AvgIpc) is 2.63. The first kappa shape index (κ1) is 17.3. The summed E-state index contributed by atoms with van der Waals surface area (Å²) < 4.78 is 0. The number of para-hydroxylation sites is 2. The zero-order valence-electron chi connectivity index (χ0n) is 14.4. The molecule has 3 rings (SSSR count). The van der Waals surface area contributed by atoms with Crippen LogP contribution in [-0.2, 0) is 0 Å². The number of fused-ring (bicyclic) bond motifs is 1. The molecule has 2 aromatic carbocycles. The molecule has 25 heavy (non-hydrogen) atoms. The van der Waals surface area contributed by atoms with Crippen LogP contribution in [0.1, 0.15) is 54.7 Å². The molecule has 0 saturated carbocycles. The Bertz CT molecular complexity index is 747. The summed E-state index contributed by atoms with van der Waals surface area (Å²) in [5.74, 6) is -0.383. The highest BCUT2D eigenvalue weighted by molar-refractivity contribution is 6.01. The predicted octanol–water partition coefficient (Wildman–Crippen LogP) is 4.32. The van der Waals surface area contributed by atoms with Crippen molar-refractivity contribution in [3.05, 3.63) is 59.7 Å². The van der Waals surface area contributed by atoms with Gasteiger partial charge >= 0.3 is 0 Å². The molecular formula is C20H24N2O3. The Labute approximate surface area is 148 Å². The third-order valence-corrected chi connectivity index (χ3v) is 4.65. The van der Waals surface area contributed by atoms with Gasteiger partial charge in [-0.15, -0.1) is 0 Å². The van der Waals surface area contributed by atoms with Crippen LogP contribution in [0.3, 0.4) is 0 Å². The lowest BCUT2D eigenvalue weighted by Gasteiger charge is -2.42. The van der Waals surface area contributed by atoms with E-state index in [-0.39, 0.29) is 5.75 Å². The number of hydrogen-bond acceptors (Lipinski definition) is 4. The smallest absolute Gasteiger partial charge is 0.281 e. The number of anilines is 1.